The summed E-state index contributed by atoms with van der Waals surface area (Å²) in [4.78, 5) is 8.85. The molecule has 0 aliphatic rings. The van der Waals surface area contributed by atoms with Gasteiger partial charge in [0.15, 0.2) is 0 Å². The Bertz CT molecular complexity index is 815. The molecule has 0 unspecified atom stereocenters. The summed E-state index contributed by atoms with van der Waals surface area (Å²) >= 11 is 0. The fourth-order valence-corrected chi connectivity index (χ4v) is 2.66. The molecule has 0 aliphatic heterocycles. The molecule has 4 heteroatoms. The topological polar surface area (TPSA) is 49.8 Å². The lowest BCUT2D eigenvalue weighted by Gasteiger charge is -2.11. The number of anilines is 3. The Morgan fingerprint density at radius 2 is 1.80 bits per heavy atom. The quantitative estimate of drug-likeness (QED) is 0.605. The zero-order chi connectivity index (χ0) is 17.5. The first kappa shape index (κ1) is 17.0. The second kappa shape index (κ2) is 8.29. The molecule has 0 bridgehead atoms. The van der Waals surface area contributed by atoms with Crippen molar-refractivity contribution in [3.05, 3.63) is 77.5 Å². The van der Waals surface area contributed by atoms with Gasteiger partial charge in [-0.25, -0.2) is 4.98 Å². The van der Waals surface area contributed by atoms with Gasteiger partial charge in [-0.2, -0.15) is 4.98 Å². The number of aryl methyl sites for hydroxylation is 3. The van der Waals surface area contributed by atoms with Crippen molar-refractivity contribution in [1.82, 2.24) is 9.97 Å². The fraction of sp³-hybridized carbons (Fsp3) is 0.238. The van der Waals surface area contributed by atoms with Crippen LogP contribution < -0.4 is 10.6 Å². The highest BCUT2D eigenvalue weighted by Crippen LogP contribution is 2.20. The van der Waals surface area contributed by atoms with E-state index in [1.807, 2.05) is 12.1 Å². The van der Waals surface area contributed by atoms with Crippen molar-refractivity contribution in [3.63, 3.8) is 0 Å². The molecular formula is C21H24N4. The molecule has 25 heavy (non-hydrogen) atoms. The van der Waals surface area contributed by atoms with Crippen LogP contribution in [0.3, 0.4) is 0 Å². The van der Waals surface area contributed by atoms with Crippen LogP contribution in [0.25, 0.3) is 0 Å². The van der Waals surface area contributed by atoms with Gasteiger partial charge in [-0.1, -0.05) is 42.5 Å². The van der Waals surface area contributed by atoms with Crippen LogP contribution in [0.1, 0.15) is 23.1 Å². The summed E-state index contributed by atoms with van der Waals surface area (Å²) in [5, 5.41) is 6.68. The van der Waals surface area contributed by atoms with Gasteiger partial charge < -0.3 is 10.6 Å². The lowest BCUT2D eigenvalue weighted by molar-refractivity contribution is 0.853. The first-order valence-corrected chi connectivity index (χ1v) is 8.66. The van der Waals surface area contributed by atoms with Gasteiger partial charge in [0.25, 0.3) is 0 Å². The monoisotopic (exact) mass is 332 g/mol. The maximum Gasteiger partial charge on any atom is 0.224 e. The predicted octanol–water partition coefficient (Wildman–Crippen LogP) is 4.88. The maximum atomic E-state index is 4.55. The highest BCUT2D eigenvalue weighted by atomic mass is 15.1. The molecule has 2 N–H and O–H groups in total. The molecule has 3 aromatic rings. The summed E-state index contributed by atoms with van der Waals surface area (Å²) < 4.78 is 0. The lowest BCUT2D eigenvalue weighted by Crippen LogP contribution is -2.07. The van der Waals surface area contributed by atoms with Crippen LogP contribution in [0.2, 0.25) is 0 Å². The zero-order valence-electron chi connectivity index (χ0n) is 14.8. The highest BCUT2D eigenvalue weighted by molar-refractivity contribution is 5.61. The highest BCUT2D eigenvalue weighted by Gasteiger charge is 2.03. The Balaban J connectivity index is 1.55. The molecule has 0 saturated heterocycles. The number of nitrogens with zero attached hydrogens (tertiary/aromatic N) is 2. The molecule has 0 atom stereocenters. The summed E-state index contributed by atoms with van der Waals surface area (Å²) in [5.41, 5.74) is 4.85. The maximum absolute atomic E-state index is 4.55. The van der Waals surface area contributed by atoms with Gasteiger partial charge in [-0.05, 0) is 55.5 Å². The number of nitrogens with one attached hydrogen (secondary N) is 2. The molecule has 1 heterocycles. The van der Waals surface area contributed by atoms with Gasteiger partial charge >= 0.3 is 0 Å². The Morgan fingerprint density at radius 3 is 2.64 bits per heavy atom. The van der Waals surface area contributed by atoms with Crippen LogP contribution in [0.5, 0.6) is 0 Å². The van der Waals surface area contributed by atoms with Crippen molar-refractivity contribution in [2.75, 3.05) is 17.2 Å². The zero-order valence-corrected chi connectivity index (χ0v) is 14.8. The Kier molecular flexibility index (Phi) is 5.62. The third-order valence-electron chi connectivity index (χ3n) is 4.08. The second-order valence-electron chi connectivity index (χ2n) is 6.22. The SMILES string of the molecule is Cc1ccc(C)c(Nc2ccnc(NCCCc3ccccc3)n2)c1. The smallest absolute Gasteiger partial charge is 0.224 e. The molecule has 0 radical (unpaired) electrons. The van der Waals surface area contributed by atoms with Crippen LogP contribution in [0, 0.1) is 13.8 Å². The lowest BCUT2D eigenvalue weighted by atomic mass is 10.1. The molecule has 2 aromatic carbocycles. The molecule has 0 amide bonds. The van der Waals surface area contributed by atoms with Crippen molar-refractivity contribution in [2.45, 2.75) is 26.7 Å². The fourth-order valence-electron chi connectivity index (χ4n) is 2.66. The van der Waals surface area contributed by atoms with E-state index in [0.717, 1.165) is 30.9 Å². The van der Waals surface area contributed by atoms with E-state index in [0.29, 0.717) is 5.95 Å². The molecule has 1 aromatic heterocycles. The van der Waals surface area contributed by atoms with Crippen LogP contribution in [0.4, 0.5) is 17.5 Å². The summed E-state index contributed by atoms with van der Waals surface area (Å²) in [7, 11) is 0. The Morgan fingerprint density at radius 1 is 0.960 bits per heavy atom. The minimum atomic E-state index is 0.656. The minimum Gasteiger partial charge on any atom is -0.354 e. The van der Waals surface area contributed by atoms with E-state index >= 15 is 0 Å². The van der Waals surface area contributed by atoms with E-state index in [9.17, 15) is 0 Å². The molecule has 3 rings (SSSR count). The van der Waals surface area contributed by atoms with Gasteiger partial charge in [0, 0.05) is 18.4 Å². The van der Waals surface area contributed by atoms with Gasteiger partial charge in [0.05, 0.1) is 0 Å². The van der Waals surface area contributed by atoms with E-state index in [-0.39, 0.29) is 0 Å². The number of rotatable bonds is 7. The van der Waals surface area contributed by atoms with E-state index in [4.69, 9.17) is 0 Å². The molecule has 0 fully saturated rings. The van der Waals surface area contributed by atoms with Crippen LogP contribution in [-0.4, -0.2) is 16.5 Å². The standard InChI is InChI=1S/C21H24N4/c1-16-10-11-17(2)19(15-16)24-20-12-14-23-21(25-20)22-13-6-9-18-7-4-3-5-8-18/h3-5,7-8,10-12,14-15H,6,9,13H2,1-2H3,(H2,22,23,24,25). The number of hydrogen-bond donors (Lipinski definition) is 2. The first-order chi connectivity index (χ1) is 12.2. The van der Waals surface area contributed by atoms with Crippen molar-refractivity contribution in [3.8, 4) is 0 Å². The third kappa shape index (κ3) is 5.05. The molecule has 128 valence electrons. The van der Waals surface area contributed by atoms with Crippen LogP contribution >= 0.6 is 0 Å². The first-order valence-electron chi connectivity index (χ1n) is 8.66. The molecule has 4 nitrogen and oxygen atoms in total. The number of aromatic nitrogens is 2. The van der Waals surface area contributed by atoms with Crippen molar-refractivity contribution < 1.29 is 0 Å². The Hall–Kier alpha value is -2.88. The minimum absolute atomic E-state index is 0.656. The van der Waals surface area contributed by atoms with Gasteiger partial charge in [-0.15, -0.1) is 0 Å². The van der Waals surface area contributed by atoms with Crippen LogP contribution in [0.15, 0.2) is 60.8 Å². The van der Waals surface area contributed by atoms with Crippen LogP contribution in [-0.2, 0) is 6.42 Å². The number of hydrogen-bond acceptors (Lipinski definition) is 4. The average molecular weight is 332 g/mol. The predicted molar refractivity (Wildman–Crippen MR) is 104 cm³/mol. The van der Waals surface area contributed by atoms with E-state index in [1.165, 1.54) is 16.7 Å². The van der Waals surface area contributed by atoms with E-state index < -0.39 is 0 Å². The normalized spacial score (nSPS) is 10.5. The van der Waals surface area contributed by atoms with Gasteiger partial charge in [0.1, 0.15) is 5.82 Å². The third-order valence-corrected chi connectivity index (χ3v) is 4.08. The average Bonchev–Trinajstić information content (AvgIpc) is 2.63. The summed E-state index contributed by atoms with van der Waals surface area (Å²) in [5.74, 6) is 1.46. The largest absolute Gasteiger partial charge is 0.354 e. The van der Waals surface area contributed by atoms with Gasteiger partial charge in [0.2, 0.25) is 5.95 Å². The van der Waals surface area contributed by atoms with E-state index in [1.54, 1.807) is 6.20 Å². The van der Waals surface area contributed by atoms with Crippen molar-refractivity contribution in [1.29, 1.82) is 0 Å². The van der Waals surface area contributed by atoms with Gasteiger partial charge in [-0.3, -0.25) is 0 Å². The molecular weight excluding hydrogens is 308 g/mol. The summed E-state index contributed by atoms with van der Waals surface area (Å²) in [6, 6.07) is 18.8. The number of benzene rings is 2. The van der Waals surface area contributed by atoms with Crippen molar-refractivity contribution in [2.24, 2.45) is 0 Å². The summed E-state index contributed by atoms with van der Waals surface area (Å²) in [6.07, 6.45) is 3.87. The molecule has 0 aliphatic carbocycles. The van der Waals surface area contributed by atoms with E-state index in [2.05, 4.69) is 76.9 Å². The van der Waals surface area contributed by atoms with Crippen molar-refractivity contribution >= 4 is 17.5 Å². The Labute approximate surface area is 149 Å². The molecule has 0 spiro atoms. The second-order valence-corrected chi connectivity index (χ2v) is 6.22. The summed E-state index contributed by atoms with van der Waals surface area (Å²) in [6.45, 7) is 5.03. The molecule has 0 saturated carbocycles.